The zero-order valence-electron chi connectivity index (χ0n) is 24.4. The molecular weight excluding hydrogens is 571 g/mol. The number of nitrogens with two attached hydrogens (primary N) is 2. The van der Waals surface area contributed by atoms with Crippen LogP contribution in [0.4, 0.5) is 0 Å². The summed E-state index contributed by atoms with van der Waals surface area (Å²) in [6, 6.07) is 8.73. The largest absolute Gasteiger partial charge is 0.321 e. The molecule has 0 aliphatic rings. The van der Waals surface area contributed by atoms with Crippen LogP contribution in [0.2, 0.25) is 0 Å². The third kappa shape index (κ3) is 4.86. The molecule has 0 aliphatic carbocycles. The molecule has 5 aromatic heterocycles. The van der Waals surface area contributed by atoms with Crippen molar-refractivity contribution in [2.75, 3.05) is 0 Å². The van der Waals surface area contributed by atoms with E-state index in [1.54, 1.807) is 38.6 Å². The maximum absolute atomic E-state index is 13.4. The molecule has 5 rings (SSSR count). The molecule has 0 spiro atoms. The van der Waals surface area contributed by atoms with Crippen molar-refractivity contribution in [1.29, 1.82) is 0 Å². The summed E-state index contributed by atoms with van der Waals surface area (Å²) in [4.78, 5) is 20.6. The maximum atomic E-state index is 13.4. The van der Waals surface area contributed by atoms with E-state index >= 15 is 0 Å². The molecule has 5 heterocycles. The van der Waals surface area contributed by atoms with Crippen molar-refractivity contribution >= 4 is 77.8 Å². The highest BCUT2D eigenvalue weighted by Crippen LogP contribution is 2.44. The van der Waals surface area contributed by atoms with Gasteiger partial charge in [-0.2, -0.15) is 0 Å². The smallest absolute Gasteiger partial charge is 0.259 e. The molecule has 0 unspecified atom stereocenters. The SMILES string of the molecule is CCC(N)(CC)c1cc(C)c(C=Cc2sc(-c3cc4c(=O)n(C)c5cc(C(N)(CC)CC)sc5c4s3)cc2C)s1. The lowest BCUT2D eigenvalue weighted by Gasteiger charge is -2.25. The van der Waals surface area contributed by atoms with Gasteiger partial charge in [0.15, 0.2) is 0 Å². The van der Waals surface area contributed by atoms with E-state index in [1.807, 2.05) is 18.4 Å². The highest BCUT2D eigenvalue weighted by atomic mass is 32.1. The van der Waals surface area contributed by atoms with Crippen LogP contribution in [0.5, 0.6) is 0 Å². The van der Waals surface area contributed by atoms with Gasteiger partial charge in [-0.25, -0.2) is 0 Å². The molecular formula is C32H39N3OS4. The van der Waals surface area contributed by atoms with Gasteiger partial charge in [-0.05, 0) is 87.1 Å². The highest BCUT2D eigenvalue weighted by molar-refractivity contribution is 7.30. The monoisotopic (exact) mass is 609 g/mol. The Morgan fingerprint density at radius 1 is 0.725 bits per heavy atom. The third-order valence-electron chi connectivity index (χ3n) is 8.59. The highest BCUT2D eigenvalue weighted by Gasteiger charge is 2.28. The fraction of sp³-hybridized carbons (Fsp3) is 0.406. The van der Waals surface area contributed by atoms with Crippen LogP contribution in [-0.4, -0.2) is 4.57 Å². The number of nitrogens with zero attached hydrogens (tertiary/aromatic N) is 1. The summed E-state index contributed by atoms with van der Waals surface area (Å²) in [5.41, 5.74) is 16.4. The van der Waals surface area contributed by atoms with Crippen molar-refractivity contribution in [2.24, 2.45) is 18.5 Å². The zero-order chi connectivity index (χ0) is 29.0. The predicted octanol–water partition coefficient (Wildman–Crippen LogP) is 9.34. The summed E-state index contributed by atoms with van der Waals surface area (Å²) in [7, 11) is 1.87. The second kappa shape index (κ2) is 11.0. The third-order valence-corrected chi connectivity index (χ3v) is 14.1. The van der Waals surface area contributed by atoms with Gasteiger partial charge in [-0.3, -0.25) is 4.79 Å². The molecule has 0 fully saturated rings. The topological polar surface area (TPSA) is 74.0 Å². The molecule has 0 bridgehead atoms. The standard InChI is InChI=1S/C32H39N3OS4/c1-8-31(33,9-2)26-15-19(6)23(38-26)13-12-22-18(5)14-24(37-22)25-16-20-28(39-25)29-21(35(7)30(20)36)17-27(40-29)32(34,10-3)11-4/h12-17H,8-11,33-34H2,1-7H3. The summed E-state index contributed by atoms with van der Waals surface area (Å²) in [5.74, 6) is 0. The zero-order valence-corrected chi connectivity index (χ0v) is 27.7. The van der Waals surface area contributed by atoms with Crippen molar-refractivity contribution in [1.82, 2.24) is 4.57 Å². The van der Waals surface area contributed by atoms with Gasteiger partial charge in [0.25, 0.3) is 5.56 Å². The van der Waals surface area contributed by atoms with Crippen LogP contribution in [0.3, 0.4) is 0 Å². The Hall–Kier alpha value is -2.07. The summed E-state index contributed by atoms with van der Waals surface area (Å²) in [6.07, 6.45) is 8.06. The predicted molar refractivity (Wildman–Crippen MR) is 181 cm³/mol. The van der Waals surface area contributed by atoms with E-state index in [2.05, 4.69) is 78.0 Å². The van der Waals surface area contributed by atoms with E-state index in [0.717, 1.165) is 55.7 Å². The van der Waals surface area contributed by atoms with Crippen molar-refractivity contribution < 1.29 is 0 Å². The Morgan fingerprint density at radius 2 is 1.25 bits per heavy atom. The van der Waals surface area contributed by atoms with Gasteiger partial charge in [0.1, 0.15) is 0 Å². The average Bonchev–Trinajstić information content (AvgIpc) is 3.74. The molecule has 8 heteroatoms. The Kier molecular flexibility index (Phi) is 8.07. The molecule has 0 saturated carbocycles. The average molecular weight is 610 g/mol. The maximum Gasteiger partial charge on any atom is 0.259 e. The van der Waals surface area contributed by atoms with Crippen molar-refractivity contribution in [3.8, 4) is 9.75 Å². The van der Waals surface area contributed by atoms with Crippen LogP contribution >= 0.6 is 45.3 Å². The minimum Gasteiger partial charge on any atom is -0.321 e. The number of aryl methyl sites for hydroxylation is 3. The summed E-state index contributed by atoms with van der Waals surface area (Å²) < 4.78 is 4.02. The molecule has 40 heavy (non-hydrogen) atoms. The van der Waals surface area contributed by atoms with E-state index < -0.39 is 0 Å². The van der Waals surface area contributed by atoms with Gasteiger partial charge in [0, 0.05) is 47.4 Å². The van der Waals surface area contributed by atoms with Gasteiger partial charge in [-0.15, -0.1) is 45.3 Å². The number of rotatable bonds is 9. The quantitative estimate of drug-likeness (QED) is 0.175. The van der Waals surface area contributed by atoms with Crippen LogP contribution < -0.4 is 17.0 Å². The second-order valence-corrected chi connectivity index (χ2v) is 15.2. The molecule has 0 saturated heterocycles. The lowest BCUT2D eigenvalue weighted by molar-refractivity contribution is 0.421. The Labute approximate surface area is 253 Å². The van der Waals surface area contributed by atoms with Crippen LogP contribution in [0, 0.1) is 13.8 Å². The number of aromatic nitrogens is 1. The van der Waals surface area contributed by atoms with E-state index in [-0.39, 0.29) is 16.6 Å². The van der Waals surface area contributed by atoms with Gasteiger partial charge in [-0.1, -0.05) is 27.7 Å². The van der Waals surface area contributed by atoms with Gasteiger partial charge < -0.3 is 16.0 Å². The number of fused-ring (bicyclic) bond motifs is 3. The first kappa shape index (κ1) is 29.4. The van der Waals surface area contributed by atoms with Crippen LogP contribution in [0.1, 0.15) is 84.0 Å². The molecule has 4 N–H and O–H groups in total. The van der Waals surface area contributed by atoms with E-state index in [0.29, 0.717) is 0 Å². The van der Waals surface area contributed by atoms with Crippen LogP contribution in [0.25, 0.3) is 42.2 Å². The fourth-order valence-corrected chi connectivity index (χ4v) is 10.4. The minimum absolute atomic E-state index is 0.0532. The first-order chi connectivity index (χ1) is 19.0. The van der Waals surface area contributed by atoms with E-state index in [1.165, 1.54) is 30.6 Å². The Balaban J connectivity index is 1.53. The number of pyridine rings is 1. The Morgan fingerprint density at radius 3 is 1.85 bits per heavy atom. The Bertz CT molecular complexity index is 1780. The summed E-state index contributed by atoms with van der Waals surface area (Å²) >= 11 is 7.06. The van der Waals surface area contributed by atoms with Crippen LogP contribution in [-0.2, 0) is 18.1 Å². The van der Waals surface area contributed by atoms with Gasteiger partial charge in [0.05, 0.1) is 20.3 Å². The molecule has 4 nitrogen and oxygen atoms in total. The summed E-state index contributed by atoms with van der Waals surface area (Å²) in [6.45, 7) is 12.9. The van der Waals surface area contributed by atoms with Crippen molar-refractivity contribution in [2.45, 2.75) is 78.3 Å². The van der Waals surface area contributed by atoms with E-state index in [4.69, 9.17) is 11.5 Å². The van der Waals surface area contributed by atoms with Gasteiger partial charge in [0.2, 0.25) is 0 Å². The minimum atomic E-state index is -0.362. The number of hydrogen-bond donors (Lipinski definition) is 2. The molecule has 0 atom stereocenters. The first-order valence-electron chi connectivity index (χ1n) is 14.0. The molecule has 0 amide bonds. The number of hydrogen-bond acceptors (Lipinski definition) is 7. The normalized spacial score (nSPS) is 13.0. The van der Waals surface area contributed by atoms with Crippen molar-refractivity contribution in [3.05, 3.63) is 65.3 Å². The molecule has 0 radical (unpaired) electrons. The lowest BCUT2D eigenvalue weighted by Crippen LogP contribution is -2.34. The summed E-state index contributed by atoms with van der Waals surface area (Å²) in [5, 5.41) is 0.793. The van der Waals surface area contributed by atoms with Crippen LogP contribution in [0.15, 0.2) is 29.1 Å². The number of thiophene rings is 4. The molecule has 0 aromatic carbocycles. The fourth-order valence-electron chi connectivity index (χ4n) is 5.21. The molecule has 5 aromatic rings. The van der Waals surface area contributed by atoms with Crippen molar-refractivity contribution in [3.63, 3.8) is 0 Å². The van der Waals surface area contributed by atoms with E-state index in [9.17, 15) is 4.79 Å². The van der Waals surface area contributed by atoms with Gasteiger partial charge >= 0.3 is 0 Å². The molecule has 212 valence electrons. The molecule has 0 aliphatic heterocycles. The first-order valence-corrected chi connectivity index (χ1v) is 17.3. The lowest BCUT2D eigenvalue weighted by atomic mass is 9.92. The second-order valence-electron chi connectivity index (χ2n) is 10.9.